The molecule has 100 valence electrons. The topological polar surface area (TPSA) is 68.0 Å². The van der Waals surface area contributed by atoms with Crippen LogP contribution >= 0.6 is 22.9 Å². The summed E-state index contributed by atoms with van der Waals surface area (Å²) in [7, 11) is 0. The number of thiophene rings is 1. The zero-order valence-electron chi connectivity index (χ0n) is 10.0. The molecule has 0 atom stereocenters. The molecule has 0 fully saturated rings. The Morgan fingerprint density at radius 2 is 2.20 bits per heavy atom. The van der Waals surface area contributed by atoms with Crippen LogP contribution in [0.3, 0.4) is 0 Å². The van der Waals surface area contributed by atoms with E-state index >= 15 is 0 Å². The zero-order valence-corrected chi connectivity index (χ0v) is 11.6. The summed E-state index contributed by atoms with van der Waals surface area (Å²) in [5.41, 5.74) is 1.25. The molecule has 3 rings (SSSR count). The van der Waals surface area contributed by atoms with Gasteiger partial charge in [-0.2, -0.15) is 11.3 Å². The van der Waals surface area contributed by atoms with Gasteiger partial charge in [-0.05, 0) is 29.6 Å². The number of hydrogen-bond acceptors (Lipinski definition) is 5. The van der Waals surface area contributed by atoms with Crippen molar-refractivity contribution >= 4 is 34.9 Å². The number of hydrogen-bond donors (Lipinski definition) is 1. The van der Waals surface area contributed by atoms with Gasteiger partial charge in [-0.25, -0.2) is 0 Å². The number of nitrogens with zero attached hydrogens (tertiary/aromatic N) is 2. The van der Waals surface area contributed by atoms with Crippen LogP contribution in [-0.4, -0.2) is 16.1 Å². The highest BCUT2D eigenvalue weighted by molar-refractivity contribution is 7.08. The average molecular weight is 306 g/mol. The predicted octanol–water partition coefficient (Wildman–Crippen LogP) is 3.70. The molecule has 1 aromatic carbocycles. The van der Waals surface area contributed by atoms with E-state index in [2.05, 4.69) is 15.5 Å². The maximum atomic E-state index is 12.0. The number of amides is 1. The number of carbonyl (C=O) groups excluding carboxylic acids is 1. The van der Waals surface area contributed by atoms with Crippen molar-refractivity contribution in [3.8, 4) is 11.5 Å². The van der Waals surface area contributed by atoms with Crippen molar-refractivity contribution in [2.24, 2.45) is 0 Å². The molecule has 0 spiro atoms. The van der Waals surface area contributed by atoms with Gasteiger partial charge >= 0.3 is 6.01 Å². The van der Waals surface area contributed by atoms with Crippen LogP contribution in [0.1, 0.15) is 10.4 Å². The molecule has 0 saturated heterocycles. The van der Waals surface area contributed by atoms with Crippen molar-refractivity contribution < 1.29 is 9.21 Å². The molecule has 20 heavy (non-hydrogen) atoms. The van der Waals surface area contributed by atoms with Gasteiger partial charge < -0.3 is 4.42 Å². The first-order valence-electron chi connectivity index (χ1n) is 5.65. The number of carbonyl (C=O) groups is 1. The highest BCUT2D eigenvalue weighted by atomic mass is 35.5. The van der Waals surface area contributed by atoms with Crippen LogP contribution in [0.25, 0.3) is 11.5 Å². The Bertz CT molecular complexity index is 740. The summed E-state index contributed by atoms with van der Waals surface area (Å²) in [4.78, 5) is 12.0. The van der Waals surface area contributed by atoms with Crippen LogP contribution in [0.15, 0.2) is 45.5 Å². The molecule has 1 amide bonds. The van der Waals surface area contributed by atoms with E-state index in [0.29, 0.717) is 16.5 Å². The van der Waals surface area contributed by atoms with Gasteiger partial charge in [-0.15, -0.1) is 5.10 Å². The van der Waals surface area contributed by atoms with Gasteiger partial charge in [0.15, 0.2) is 0 Å². The van der Waals surface area contributed by atoms with Crippen molar-refractivity contribution in [3.05, 3.63) is 51.7 Å². The first-order chi connectivity index (χ1) is 9.72. The van der Waals surface area contributed by atoms with Gasteiger partial charge in [-0.3, -0.25) is 10.1 Å². The fraction of sp³-hybridized carbons (Fsp3) is 0. The van der Waals surface area contributed by atoms with Crippen molar-refractivity contribution in [2.45, 2.75) is 0 Å². The Kier molecular flexibility index (Phi) is 3.49. The molecule has 0 radical (unpaired) electrons. The van der Waals surface area contributed by atoms with E-state index < -0.39 is 0 Å². The number of aromatic nitrogens is 2. The minimum absolute atomic E-state index is 0.0520. The molecule has 1 N–H and O–H groups in total. The van der Waals surface area contributed by atoms with E-state index in [1.54, 1.807) is 24.3 Å². The number of halogens is 1. The van der Waals surface area contributed by atoms with Gasteiger partial charge in [0.25, 0.3) is 11.8 Å². The van der Waals surface area contributed by atoms with Gasteiger partial charge in [0.2, 0.25) is 0 Å². The molecule has 0 aliphatic carbocycles. The Labute approximate surface area is 123 Å². The summed E-state index contributed by atoms with van der Waals surface area (Å²) in [6.07, 6.45) is 0. The highest BCUT2D eigenvalue weighted by Crippen LogP contribution is 2.22. The summed E-state index contributed by atoms with van der Waals surface area (Å²) < 4.78 is 5.37. The fourth-order valence-electron chi connectivity index (χ4n) is 1.58. The van der Waals surface area contributed by atoms with Gasteiger partial charge in [-0.1, -0.05) is 22.8 Å². The van der Waals surface area contributed by atoms with Crippen molar-refractivity contribution in [1.29, 1.82) is 0 Å². The second kappa shape index (κ2) is 5.44. The normalized spacial score (nSPS) is 10.4. The maximum Gasteiger partial charge on any atom is 0.322 e. The van der Waals surface area contributed by atoms with E-state index in [4.69, 9.17) is 16.0 Å². The molecular formula is C13H8ClN3O2S. The lowest BCUT2D eigenvalue weighted by atomic mass is 10.2. The molecule has 0 aliphatic heterocycles. The Morgan fingerprint density at radius 1 is 1.30 bits per heavy atom. The monoisotopic (exact) mass is 305 g/mol. The lowest BCUT2D eigenvalue weighted by molar-refractivity contribution is 0.102. The first-order valence-corrected chi connectivity index (χ1v) is 6.97. The summed E-state index contributed by atoms with van der Waals surface area (Å²) in [6, 6.07) is 8.52. The summed E-state index contributed by atoms with van der Waals surface area (Å²) in [5.74, 6) is 0.0145. The first kappa shape index (κ1) is 12.8. The second-order valence-corrected chi connectivity index (χ2v) is 5.11. The molecule has 3 aromatic rings. The van der Waals surface area contributed by atoms with E-state index in [-0.39, 0.29) is 11.9 Å². The molecule has 5 nitrogen and oxygen atoms in total. The second-order valence-electron chi connectivity index (χ2n) is 3.89. The quantitative estimate of drug-likeness (QED) is 0.801. The van der Waals surface area contributed by atoms with Crippen LogP contribution in [-0.2, 0) is 0 Å². The molecule has 7 heteroatoms. The SMILES string of the molecule is O=C(Nc1nnc(-c2ccsc2)o1)c1cccc(Cl)c1. The lowest BCUT2D eigenvalue weighted by Gasteiger charge is -2.00. The largest absolute Gasteiger partial charge is 0.403 e. The number of nitrogens with one attached hydrogen (secondary N) is 1. The van der Waals surface area contributed by atoms with Gasteiger partial charge in [0.05, 0.1) is 0 Å². The van der Waals surface area contributed by atoms with Crippen LogP contribution in [0.5, 0.6) is 0 Å². The van der Waals surface area contributed by atoms with Crippen molar-refractivity contribution in [3.63, 3.8) is 0 Å². The van der Waals surface area contributed by atoms with Crippen LogP contribution in [0.2, 0.25) is 5.02 Å². The average Bonchev–Trinajstić information content (AvgIpc) is 3.08. The molecule has 2 heterocycles. The van der Waals surface area contributed by atoms with Crippen molar-refractivity contribution in [1.82, 2.24) is 10.2 Å². The predicted molar refractivity (Wildman–Crippen MR) is 77.0 cm³/mol. The number of rotatable bonds is 3. The number of anilines is 1. The van der Waals surface area contributed by atoms with E-state index in [1.165, 1.54) is 11.3 Å². The molecule has 0 bridgehead atoms. The fourth-order valence-corrected chi connectivity index (χ4v) is 2.40. The van der Waals surface area contributed by atoms with E-state index in [1.807, 2.05) is 16.8 Å². The van der Waals surface area contributed by atoms with Gasteiger partial charge in [0.1, 0.15) is 0 Å². The van der Waals surface area contributed by atoms with Gasteiger partial charge in [0, 0.05) is 21.5 Å². The minimum atomic E-state index is -0.354. The zero-order chi connectivity index (χ0) is 13.9. The Hall–Kier alpha value is -2.18. The molecule has 0 aliphatic rings. The minimum Gasteiger partial charge on any atom is -0.403 e. The Balaban J connectivity index is 1.77. The maximum absolute atomic E-state index is 12.0. The number of benzene rings is 1. The third kappa shape index (κ3) is 2.71. The molecule has 0 saturated carbocycles. The highest BCUT2D eigenvalue weighted by Gasteiger charge is 2.13. The molecule has 2 aromatic heterocycles. The van der Waals surface area contributed by atoms with Crippen molar-refractivity contribution in [2.75, 3.05) is 5.32 Å². The van der Waals surface area contributed by atoms with Crippen LogP contribution < -0.4 is 5.32 Å². The molecular weight excluding hydrogens is 298 g/mol. The Morgan fingerprint density at radius 3 is 2.95 bits per heavy atom. The lowest BCUT2D eigenvalue weighted by Crippen LogP contribution is -2.11. The van der Waals surface area contributed by atoms with E-state index in [9.17, 15) is 4.79 Å². The summed E-state index contributed by atoms with van der Waals surface area (Å²) in [5, 5.41) is 14.5. The van der Waals surface area contributed by atoms with Crippen LogP contribution in [0, 0.1) is 0 Å². The van der Waals surface area contributed by atoms with E-state index in [0.717, 1.165) is 5.56 Å². The molecule has 0 unspecified atom stereocenters. The third-order valence-corrected chi connectivity index (χ3v) is 3.42. The van der Waals surface area contributed by atoms with Crippen LogP contribution in [0.4, 0.5) is 6.01 Å². The smallest absolute Gasteiger partial charge is 0.322 e. The summed E-state index contributed by atoms with van der Waals surface area (Å²) >= 11 is 7.36. The third-order valence-electron chi connectivity index (χ3n) is 2.50. The summed E-state index contributed by atoms with van der Waals surface area (Å²) in [6.45, 7) is 0. The standard InChI is InChI=1S/C13H8ClN3O2S/c14-10-3-1-2-8(6-10)11(18)15-13-17-16-12(19-13)9-4-5-20-7-9/h1-7H,(H,15,17,18).